The summed E-state index contributed by atoms with van der Waals surface area (Å²) >= 11 is 0. The van der Waals surface area contributed by atoms with E-state index in [1.54, 1.807) is 0 Å². The van der Waals surface area contributed by atoms with Crippen LogP contribution < -0.4 is 14.8 Å². The number of amides is 1. The lowest BCUT2D eigenvalue weighted by atomic mass is 10.2. The maximum absolute atomic E-state index is 11.2. The van der Waals surface area contributed by atoms with Gasteiger partial charge in [0.2, 0.25) is 5.91 Å². The Morgan fingerprint density at radius 1 is 0.885 bits per heavy atom. The predicted molar refractivity (Wildman–Crippen MR) is 103 cm³/mol. The van der Waals surface area contributed by atoms with Gasteiger partial charge in [-0.25, -0.2) is 0 Å². The second-order valence-corrected chi connectivity index (χ2v) is 6.06. The monoisotopic (exact) mass is 347 g/mol. The van der Waals surface area contributed by atoms with E-state index in [4.69, 9.17) is 9.47 Å². The van der Waals surface area contributed by atoms with E-state index in [1.807, 2.05) is 79.7 Å². The molecule has 0 bridgehead atoms. The van der Waals surface area contributed by atoms with Gasteiger partial charge in [-0.3, -0.25) is 4.79 Å². The molecule has 0 spiro atoms. The van der Waals surface area contributed by atoms with Crippen LogP contribution in [0.15, 0.2) is 72.8 Å². The van der Waals surface area contributed by atoms with Crippen LogP contribution in [0.3, 0.4) is 0 Å². The summed E-state index contributed by atoms with van der Waals surface area (Å²) in [5.41, 5.74) is 2.92. The fourth-order valence-electron chi connectivity index (χ4n) is 2.48. The van der Waals surface area contributed by atoms with Gasteiger partial charge in [0, 0.05) is 18.7 Å². The summed E-state index contributed by atoms with van der Waals surface area (Å²) in [4.78, 5) is 11.2. The van der Waals surface area contributed by atoms with E-state index in [0.717, 1.165) is 28.5 Å². The lowest BCUT2D eigenvalue weighted by Gasteiger charge is -2.10. The van der Waals surface area contributed by atoms with E-state index in [2.05, 4.69) is 5.32 Å². The van der Waals surface area contributed by atoms with Crippen molar-refractivity contribution in [2.24, 2.45) is 0 Å². The predicted octanol–water partition coefficient (Wildman–Crippen LogP) is 5.32. The highest BCUT2D eigenvalue weighted by atomic mass is 16.5. The molecule has 0 fully saturated rings. The van der Waals surface area contributed by atoms with Gasteiger partial charge in [-0.05, 0) is 48.9 Å². The van der Waals surface area contributed by atoms with Crippen LogP contribution in [0.25, 0.3) is 0 Å². The standard InChI is InChI=1S/C22H21NO3/c1-16-9-11-20(12-10-16)26-22-8-4-7-21(14-22)25-15-18-5-3-6-19(13-18)23-17(2)24/h3-14H,15H2,1-2H3,(H,23,24). The average molecular weight is 347 g/mol. The zero-order valence-corrected chi connectivity index (χ0v) is 14.9. The fourth-order valence-corrected chi connectivity index (χ4v) is 2.48. The van der Waals surface area contributed by atoms with E-state index in [1.165, 1.54) is 12.5 Å². The first-order chi connectivity index (χ1) is 12.6. The minimum absolute atomic E-state index is 0.0935. The van der Waals surface area contributed by atoms with E-state index in [-0.39, 0.29) is 5.91 Å². The highest BCUT2D eigenvalue weighted by Gasteiger charge is 2.02. The van der Waals surface area contributed by atoms with Gasteiger partial charge in [0.15, 0.2) is 0 Å². The van der Waals surface area contributed by atoms with Gasteiger partial charge in [0.25, 0.3) is 0 Å². The van der Waals surface area contributed by atoms with Crippen molar-refractivity contribution in [3.05, 3.63) is 83.9 Å². The normalized spacial score (nSPS) is 10.2. The van der Waals surface area contributed by atoms with Gasteiger partial charge >= 0.3 is 0 Å². The van der Waals surface area contributed by atoms with Crippen LogP contribution in [0.5, 0.6) is 17.2 Å². The number of ether oxygens (including phenoxy) is 2. The van der Waals surface area contributed by atoms with Crippen LogP contribution >= 0.6 is 0 Å². The molecule has 26 heavy (non-hydrogen) atoms. The lowest BCUT2D eigenvalue weighted by molar-refractivity contribution is -0.114. The molecule has 4 heteroatoms. The number of rotatable bonds is 6. The Kier molecular flexibility index (Phi) is 5.54. The zero-order chi connectivity index (χ0) is 18.4. The molecule has 3 aromatic rings. The van der Waals surface area contributed by atoms with Crippen LogP contribution in [-0.2, 0) is 11.4 Å². The molecule has 1 amide bonds. The summed E-state index contributed by atoms with van der Waals surface area (Å²) in [5, 5.41) is 2.77. The Morgan fingerprint density at radius 2 is 1.62 bits per heavy atom. The molecule has 0 saturated heterocycles. The van der Waals surface area contributed by atoms with Crippen molar-refractivity contribution in [1.29, 1.82) is 0 Å². The molecule has 3 rings (SSSR count). The first kappa shape index (κ1) is 17.5. The van der Waals surface area contributed by atoms with Crippen LogP contribution in [0.1, 0.15) is 18.1 Å². The zero-order valence-electron chi connectivity index (χ0n) is 14.9. The largest absolute Gasteiger partial charge is 0.489 e. The van der Waals surface area contributed by atoms with E-state index in [0.29, 0.717) is 6.61 Å². The van der Waals surface area contributed by atoms with Crippen molar-refractivity contribution in [2.45, 2.75) is 20.5 Å². The third-order valence-corrected chi connectivity index (χ3v) is 3.72. The topological polar surface area (TPSA) is 47.6 Å². The summed E-state index contributed by atoms with van der Waals surface area (Å²) in [6.07, 6.45) is 0. The number of benzene rings is 3. The SMILES string of the molecule is CC(=O)Nc1cccc(COc2cccc(Oc3ccc(C)cc3)c2)c1. The quantitative estimate of drug-likeness (QED) is 0.656. The molecule has 0 atom stereocenters. The molecule has 0 unspecified atom stereocenters. The minimum atomic E-state index is -0.0935. The molecule has 0 aromatic heterocycles. The average Bonchev–Trinajstić information content (AvgIpc) is 2.62. The first-order valence-electron chi connectivity index (χ1n) is 8.42. The third-order valence-electron chi connectivity index (χ3n) is 3.72. The summed E-state index contributed by atoms with van der Waals surface area (Å²) in [7, 11) is 0. The molecule has 0 radical (unpaired) electrons. The van der Waals surface area contributed by atoms with Gasteiger partial charge in [-0.15, -0.1) is 0 Å². The molecule has 3 aromatic carbocycles. The number of hydrogen-bond donors (Lipinski definition) is 1. The van der Waals surface area contributed by atoms with Crippen molar-refractivity contribution in [2.75, 3.05) is 5.32 Å². The summed E-state index contributed by atoms with van der Waals surface area (Å²) < 4.78 is 11.7. The molecule has 0 heterocycles. The summed E-state index contributed by atoms with van der Waals surface area (Å²) in [6, 6.07) is 23.0. The van der Waals surface area contributed by atoms with E-state index in [9.17, 15) is 4.79 Å². The third kappa shape index (κ3) is 5.11. The van der Waals surface area contributed by atoms with Crippen molar-refractivity contribution in [3.63, 3.8) is 0 Å². The second kappa shape index (κ2) is 8.21. The second-order valence-electron chi connectivity index (χ2n) is 6.06. The Hall–Kier alpha value is -3.27. The van der Waals surface area contributed by atoms with Gasteiger partial charge in [-0.1, -0.05) is 35.9 Å². The Balaban J connectivity index is 1.63. The molecule has 0 aliphatic heterocycles. The van der Waals surface area contributed by atoms with Crippen molar-refractivity contribution in [3.8, 4) is 17.2 Å². The molecule has 0 aliphatic carbocycles. The number of anilines is 1. The molecule has 132 valence electrons. The van der Waals surface area contributed by atoms with Gasteiger partial charge < -0.3 is 14.8 Å². The van der Waals surface area contributed by atoms with Crippen LogP contribution in [-0.4, -0.2) is 5.91 Å². The fraction of sp³-hybridized carbons (Fsp3) is 0.136. The van der Waals surface area contributed by atoms with Crippen LogP contribution in [0.2, 0.25) is 0 Å². The number of aryl methyl sites for hydroxylation is 1. The van der Waals surface area contributed by atoms with Crippen molar-refractivity contribution >= 4 is 11.6 Å². The van der Waals surface area contributed by atoms with Gasteiger partial charge in [0.05, 0.1) is 0 Å². The summed E-state index contributed by atoms with van der Waals surface area (Å²) in [6.45, 7) is 3.93. The van der Waals surface area contributed by atoms with Crippen LogP contribution in [0, 0.1) is 6.92 Å². The highest BCUT2D eigenvalue weighted by Crippen LogP contribution is 2.26. The number of hydrogen-bond acceptors (Lipinski definition) is 3. The minimum Gasteiger partial charge on any atom is -0.489 e. The highest BCUT2D eigenvalue weighted by molar-refractivity contribution is 5.88. The maximum Gasteiger partial charge on any atom is 0.221 e. The molecule has 4 nitrogen and oxygen atoms in total. The smallest absolute Gasteiger partial charge is 0.221 e. The molecular formula is C22H21NO3. The number of carbonyl (C=O) groups is 1. The van der Waals surface area contributed by atoms with Crippen molar-refractivity contribution < 1.29 is 14.3 Å². The Labute approximate surface area is 153 Å². The lowest BCUT2D eigenvalue weighted by Crippen LogP contribution is -2.06. The van der Waals surface area contributed by atoms with Gasteiger partial charge in [-0.2, -0.15) is 0 Å². The van der Waals surface area contributed by atoms with Gasteiger partial charge in [0.1, 0.15) is 23.9 Å². The molecule has 1 N–H and O–H groups in total. The summed E-state index contributed by atoms with van der Waals surface area (Å²) in [5.74, 6) is 2.14. The Bertz CT molecular complexity index is 888. The maximum atomic E-state index is 11.2. The van der Waals surface area contributed by atoms with Crippen molar-refractivity contribution in [1.82, 2.24) is 0 Å². The van der Waals surface area contributed by atoms with E-state index < -0.39 is 0 Å². The number of carbonyl (C=O) groups excluding carboxylic acids is 1. The number of nitrogens with one attached hydrogen (secondary N) is 1. The van der Waals surface area contributed by atoms with Crippen LogP contribution in [0.4, 0.5) is 5.69 Å². The molecule has 0 saturated carbocycles. The Morgan fingerprint density at radius 3 is 2.38 bits per heavy atom. The first-order valence-corrected chi connectivity index (χ1v) is 8.42. The van der Waals surface area contributed by atoms with E-state index >= 15 is 0 Å². The molecular weight excluding hydrogens is 326 g/mol. The molecule has 0 aliphatic rings.